The monoisotopic (exact) mass is 379 g/mol. The van der Waals surface area contributed by atoms with Crippen LogP contribution in [0.5, 0.6) is 5.75 Å². The fourth-order valence-electron chi connectivity index (χ4n) is 3.26. The molecule has 0 amide bonds. The van der Waals surface area contributed by atoms with E-state index in [0.717, 1.165) is 23.6 Å². The molecule has 0 atom stereocenters. The molecule has 1 fully saturated rings. The van der Waals surface area contributed by atoms with Crippen LogP contribution in [0.1, 0.15) is 22.6 Å². The SMILES string of the molecule is COc1ccc(S(=O)(=O)N2CCN(Cc3c(C)noc3C)CC2)c(C)c1. The second kappa shape index (κ2) is 7.38. The first-order valence-corrected chi connectivity index (χ1v) is 10.1. The van der Waals surface area contributed by atoms with Crippen LogP contribution in [0.25, 0.3) is 0 Å². The number of aromatic nitrogens is 1. The summed E-state index contributed by atoms with van der Waals surface area (Å²) in [7, 11) is -1.93. The maximum Gasteiger partial charge on any atom is 0.243 e. The molecule has 0 radical (unpaired) electrons. The fourth-order valence-corrected chi connectivity index (χ4v) is 4.88. The van der Waals surface area contributed by atoms with Gasteiger partial charge in [0.1, 0.15) is 11.5 Å². The highest BCUT2D eigenvalue weighted by molar-refractivity contribution is 7.89. The molecule has 142 valence electrons. The Bertz CT molecular complexity index is 864. The molecule has 1 aliphatic heterocycles. The summed E-state index contributed by atoms with van der Waals surface area (Å²) in [6.07, 6.45) is 0. The summed E-state index contributed by atoms with van der Waals surface area (Å²) in [5, 5.41) is 3.98. The number of nitrogens with zero attached hydrogens (tertiary/aromatic N) is 3. The number of ether oxygens (including phenoxy) is 1. The van der Waals surface area contributed by atoms with Crippen molar-refractivity contribution in [3.63, 3.8) is 0 Å². The lowest BCUT2D eigenvalue weighted by atomic mass is 10.2. The maximum absolute atomic E-state index is 13.0. The van der Waals surface area contributed by atoms with E-state index in [1.165, 1.54) is 0 Å². The molecular weight excluding hydrogens is 354 g/mol. The summed E-state index contributed by atoms with van der Waals surface area (Å²) in [6.45, 7) is 8.66. The number of hydrogen-bond donors (Lipinski definition) is 0. The maximum atomic E-state index is 13.0. The third-order valence-electron chi connectivity index (χ3n) is 4.89. The molecule has 3 rings (SSSR count). The molecule has 1 aromatic heterocycles. The van der Waals surface area contributed by atoms with E-state index < -0.39 is 10.0 Å². The molecule has 26 heavy (non-hydrogen) atoms. The van der Waals surface area contributed by atoms with Gasteiger partial charge < -0.3 is 9.26 Å². The van der Waals surface area contributed by atoms with E-state index in [1.54, 1.807) is 36.5 Å². The van der Waals surface area contributed by atoms with Crippen molar-refractivity contribution in [2.45, 2.75) is 32.2 Å². The molecule has 0 unspecified atom stereocenters. The second-order valence-electron chi connectivity index (χ2n) is 6.61. The quantitative estimate of drug-likeness (QED) is 0.792. The van der Waals surface area contributed by atoms with Crippen molar-refractivity contribution in [2.24, 2.45) is 0 Å². The van der Waals surface area contributed by atoms with Gasteiger partial charge in [-0.05, 0) is 44.5 Å². The molecule has 2 aromatic rings. The van der Waals surface area contributed by atoms with Crippen molar-refractivity contribution in [2.75, 3.05) is 33.3 Å². The lowest BCUT2D eigenvalue weighted by molar-refractivity contribution is 0.180. The number of sulfonamides is 1. The Balaban J connectivity index is 1.69. The van der Waals surface area contributed by atoms with Crippen LogP contribution in [0.15, 0.2) is 27.6 Å². The molecule has 0 N–H and O–H groups in total. The predicted molar refractivity (Wildman–Crippen MR) is 97.7 cm³/mol. The van der Waals surface area contributed by atoms with Gasteiger partial charge in [-0.3, -0.25) is 4.90 Å². The average Bonchev–Trinajstić information content (AvgIpc) is 2.93. The molecule has 8 heteroatoms. The van der Waals surface area contributed by atoms with E-state index in [9.17, 15) is 8.42 Å². The second-order valence-corrected chi connectivity index (χ2v) is 8.52. The van der Waals surface area contributed by atoms with E-state index in [4.69, 9.17) is 9.26 Å². The van der Waals surface area contributed by atoms with Gasteiger partial charge in [-0.15, -0.1) is 0 Å². The predicted octanol–water partition coefficient (Wildman–Crippen LogP) is 2.11. The van der Waals surface area contributed by atoms with Crippen molar-refractivity contribution in [3.05, 3.63) is 40.8 Å². The topological polar surface area (TPSA) is 75.9 Å². The fraction of sp³-hybridized carbons (Fsp3) is 0.500. The molecule has 1 aromatic carbocycles. The van der Waals surface area contributed by atoms with Crippen molar-refractivity contribution >= 4 is 10.0 Å². The lowest BCUT2D eigenvalue weighted by Crippen LogP contribution is -2.48. The van der Waals surface area contributed by atoms with Crippen molar-refractivity contribution in [1.29, 1.82) is 0 Å². The molecular formula is C18H25N3O4S. The van der Waals surface area contributed by atoms with Crippen LogP contribution in [0, 0.1) is 20.8 Å². The minimum atomic E-state index is -3.50. The van der Waals surface area contributed by atoms with Gasteiger partial charge in [0.15, 0.2) is 0 Å². The molecule has 0 aliphatic carbocycles. The lowest BCUT2D eigenvalue weighted by Gasteiger charge is -2.34. The van der Waals surface area contributed by atoms with Gasteiger partial charge in [-0.1, -0.05) is 5.16 Å². The average molecular weight is 379 g/mol. The number of hydrogen-bond acceptors (Lipinski definition) is 6. The van der Waals surface area contributed by atoms with Crippen LogP contribution in [0.3, 0.4) is 0 Å². The highest BCUT2D eigenvalue weighted by atomic mass is 32.2. The summed E-state index contributed by atoms with van der Waals surface area (Å²) in [6, 6.07) is 5.06. The van der Waals surface area contributed by atoms with E-state index >= 15 is 0 Å². The zero-order valence-corrected chi connectivity index (χ0v) is 16.5. The van der Waals surface area contributed by atoms with Gasteiger partial charge in [-0.25, -0.2) is 8.42 Å². The molecule has 1 aliphatic rings. The van der Waals surface area contributed by atoms with Gasteiger partial charge in [-0.2, -0.15) is 4.31 Å². The van der Waals surface area contributed by atoms with E-state index in [0.29, 0.717) is 42.4 Å². The number of methoxy groups -OCH3 is 1. The van der Waals surface area contributed by atoms with E-state index in [2.05, 4.69) is 10.1 Å². The van der Waals surface area contributed by atoms with Gasteiger partial charge in [0.25, 0.3) is 0 Å². The molecule has 0 bridgehead atoms. The first-order valence-electron chi connectivity index (χ1n) is 8.62. The van der Waals surface area contributed by atoms with Crippen LogP contribution in [0.4, 0.5) is 0 Å². The Kier molecular flexibility index (Phi) is 5.36. The smallest absolute Gasteiger partial charge is 0.243 e. The first-order chi connectivity index (χ1) is 12.3. The highest BCUT2D eigenvalue weighted by Crippen LogP contribution is 2.25. The summed E-state index contributed by atoms with van der Waals surface area (Å²) in [4.78, 5) is 2.58. The molecule has 0 saturated carbocycles. The van der Waals surface area contributed by atoms with Crippen LogP contribution < -0.4 is 4.74 Å². The van der Waals surface area contributed by atoms with Gasteiger partial charge in [0, 0.05) is 38.3 Å². The first kappa shape index (κ1) is 18.9. The normalized spacial score (nSPS) is 16.8. The standard InChI is InChI=1S/C18H25N3O4S/c1-13-11-16(24-4)5-6-18(13)26(22,23)21-9-7-20(8-10-21)12-17-14(2)19-25-15(17)3/h5-6,11H,7-10,12H2,1-4H3. The zero-order chi connectivity index (χ0) is 18.9. The van der Waals surface area contributed by atoms with Crippen molar-refractivity contribution < 1.29 is 17.7 Å². The van der Waals surface area contributed by atoms with Crippen LogP contribution in [0.2, 0.25) is 0 Å². The van der Waals surface area contributed by atoms with Crippen molar-refractivity contribution in [1.82, 2.24) is 14.4 Å². The number of piperazine rings is 1. The molecule has 1 saturated heterocycles. The summed E-state index contributed by atoms with van der Waals surface area (Å²) < 4.78 is 37.9. The third-order valence-corrected chi connectivity index (χ3v) is 6.95. The minimum absolute atomic E-state index is 0.345. The Morgan fingerprint density at radius 3 is 2.38 bits per heavy atom. The van der Waals surface area contributed by atoms with Gasteiger partial charge in [0.05, 0.1) is 17.7 Å². The van der Waals surface area contributed by atoms with Gasteiger partial charge in [0.2, 0.25) is 10.0 Å². The zero-order valence-electron chi connectivity index (χ0n) is 15.7. The highest BCUT2D eigenvalue weighted by Gasteiger charge is 2.30. The molecule has 2 heterocycles. The Hall–Kier alpha value is -1.90. The number of benzene rings is 1. The molecule has 7 nitrogen and oxygen atoms in total. The van der Waals surface area contributed by atoms with E-state index in [1.807, 2.05) is 13.8 Å². The van der Waals surface area contributed by atoms with Crippen LogP contribution >= 0.6 is 0 Å². The summed E-state index contributed by atoms with van der Waals surface area (Å²) in [5.74, 6) is 1.48. The summed E-state index contributed by atoms with van der Waals surface area (Å²) >= 11 is 0. The summed E-state index contributed by atoms with van der Waals surface area (Å²) in [5.41, 5.74) is 2.68. The Morgan fingerprint density at radius 2 is 1.85 bits per heavy atom. The largest absolute Gasteiger partial charge is 0.497 e. The Morgan fingerprint density at radius 1 is 1.15 bits per heavy atom. The van der Waals surface area contributed by atoms with Gasteiger partial charge >= 0.3 is 0 Å². The van der Waals surface area contributed by atoms with Crippen LogP contribution in [-0.2, 0) is 16.6 Å². The third kappa shape index (κ3) is 3.62. The number of rotatable bonds is 5. The Labute approximate surface area is 154 Å². The number of aryl methyl sites for hydroxylation is 3. The molecule has 0 spiro atoms. The van der Waals surface area contributed by atoms with Crippen molar-refractivity contribution in [3.8, 4) is 5.75 Å². The minimum Gasteiger partial charge on any atom is -0.497 e. The van der Waals surface area contributed by atoms with Crippen LogP contribution in [-0.4, -0.2) is 56.1 Å². The van der Waals surface area contributed by atoms with E-state index in [-0.39, 0.29) is 0 Å².